The van der Waals surface area contributed by atoms with Gasteiger partial charge in [0.2, 0.25) is 0 Å². The number of hydrogen-bond acceptors (Lipinski definition) is 2. The Balaban J connectivity index is 1.98. The van der Waals surface area contributed by atoms with Crippen molar-refractivity contribution in [1.82, 2.24) is 0 Å². The molecule has 0 fully saturated rings. The fourth-order valence-corrected chi connectivity index (χ4v) is 3.05. The van der Waals surface area contributed by atoms with E-state index < -0.39 is 0 Å². The SMILES string of the molecule is CC[C@@H](C)c1ccc(N=C(N)SCc2ccccc2Cl)cc1. The highest BCUT2D eigenvalue weighted by Gasteiger charge is 2.04. The minimum Gasteiger partial charge on any atom is -0.378 e. The van der Waals surface area contributed by atoms with Gasteiger partial charge in [0.1, 0.15) is 0 Å². The number of benzene rings is 2. The van der Waals surface area contributed by atoms with Crippen LogP contribution in [0.1, 0.15) is 37.3 Å². The maximum atomic E-state index is 6.13. The molecule has 0 aliphatic carbocycles. The Morgan fingerprint density at radius 1 is 1.18 bits per heavy atom. The van der Waals surface area contributed by atoms with Crippen LogP contribution < -0.4 is 5.73 Å². The van der Waals surface area contributed by atoms with Crippen molar-refractivity contribution < 1.29 is 0 Å². The predicted octanol–water partition coefficient (Wildman–Crippen LogP) is 5.73. The normalized spacial score (nSPS) is 13.1. The van der Waals surface area contributed by atoms with E-state index in [4.69, 9.17) is 17.3 Å². The van der Waals surface area contributed by atoms with Crippen LogP contribution in [-0.4, -0.2) is 5.17 Å². The molecule has 0 spiro atoms. The fraction of sp³-hybridized carbons (Fsp3) is 0.278. The number of halogens is 1. The zero-order valence-corrected chi connectivity index (χ0v) is 14.5. The Hall–Kier alpha value is -1.45. The maximum Gasteiger partial charge on any atom is 0.159 e. The lowest BCUT2D eigenvalue weighted by molar-refractivity contribution is 0.734. The van der Waals surface area contributed by atoms with Gasteiger partial charge in [-0.05, 0) is 41.7 Å². The van der Waals surface area contributed by atoms with Gasteiger partial charge in [-0.25, -0.2) is 4.99 Å². The van der Waals surface area contributed by atoms with Crippen molar-refractivity contribution in [3.8, 4) is 0 Å². The fourth-order valence-electron chi connectivity index (χ4n) is 2.04. The topological polar surface area (TPSA) is 38.4 Å². The highest BCUT2D eigenvalue weighted by atomic mass is 35.5. The van der Waals surface area contributed by atoms with Crippen molar-refractivity contribution in [2.24, 2.45) is 10.7 Å². The summed E-state index contributed by atoms with van der Waals surface area (Å²) in [4.78, 5) is 4.44. The third-order valence-corrected chi connectivity index (χ3v) is 4.86. The zero-order valence-electron chi connectivity index (χ0n) is 12.9. The molecule has 0 aromatic heterocycles. The van der Waals surface area contributed by atoms with Crippen molar-refractivity contribution in [3.05, 3.63) is 64.7 Å². The Bertz CT molecular complexity index is 638. The third-order valence-electron chi connectivity index (χ3n) is 3.65. The molecule has 2 N–H and O–H groups in total. The summed E-state index contributed by atoms with van der Waals surface area (Å²) in [6.45, 7) is 4.42. The molecular weight excluding hydrogens is 312 g/mol. The van der Waals surface area contributed by atoms with Gasteiger partial charge in [0.15, 0.2) is 5.17 Å². The van der Waals surface area contributed by atoms with Gasteiger partial charge < -0.3 is 5.73 Å². The van der Waals surface area contributed by atoms with Crippen LogP contribution >= 0.6 is 23.4 Å². The van der Waals surface area contributed by atoms with Gasteiger partial charge in [0.05, 0.1) is 5.69 Å². The summed E-state index contributed by atoms with van der Waals surface area (Å²) in [5.74, 6) is 1.30. The average Bonchev–Trinajstić information content (AvgIpc) is 2.54. The third kappa shape index (κ3) is 4.79. The van der Waals surface area contributed by atoms with E-state index in [9.17, 15) is 0 Å². The van der Waals surface area contributed by atoms with E-state index in [0.717, 1.165) is 28.4 Å². The number of thioether (sulfide) groups is 1. The molecule has 2 aromatic carbocycles. The number of hydrogen-bond donors (Lipinski definition) is 1. The van der Waals surface area contributed by atoms with E-state index in [1.807, 2.05) is 36.4 Å². The molecule has 0 amide bonds. The zero-order chi connectivity index (χ0) is 15.9. The van der Waals surface area contributed by atoms with Crippen LogP contribution in [0.4, 0.5) is 5.69 Å². The molecule has 0 saturated carbocycles. The van der Waals surface area contributed by atoms with E-state index in [0.29, 0.717) is 11.1 Å². The van der Waals surface area contributed by atoms with Crippen LogP contribution in [-0.2, 0) is 5.75 Å². The molecule has 2 nitrogen and oxygen atoms in total. The molecule has 116 valence electrons. The van der Waals surface area contributed by atoms with E-state index in [1.54, 1.807) is 0 Å². The maximum absolute atomic E-state index is 6.13. The summed E-state index contributed by atoms with van der Waals surface area (Å²) in [6.07, 6.45) is 1.14. The second kappa shape index (κ2) is 8.25. The first-order valence-electron chi connectivity index (χ1n) is 7.40. The summed E-state index contributed by atoms with van der Waals surface area (Å²) in [7, 11) is 0. The number of amidine groups is 1. The van der Waals surface area contributed by atoms with Crippen molar-refractivity contribution in [1.29, 1.82) is 0 Å². The molecule has 0 aliphatic rings. The molecule has 0 heterocycles. The molecule has 0 bridgehead atoms. The lowest BCUT2D eigenvalue weighted by atomic mass is 9.99. The summed E-state index contributed by atoms with van der Waals surface area (Å²) in [5, 5.41) is 1.32. The summed E-state index contributed by atoms with van der Waals surface area (Å²) in [6, 6.07) is 16.1. The number of nitrogens with zero attached hydrogens (tertiary/aromatic N) is 1. The smallest absolute Gasteiger partial charge is 0.159 e. The second-order valence-corrected chi connectivity index (χ2v) is 6.63. The number of nitrogens with two attached hydrogens (primary N) is 1. The van der Waals surface area contributed by atoms with Crippen LogP contribution in [0.15, 0.2) is 53.5 Å². The van der Waals surface area contributed by atoms with Crippen LogP contribution in [0.25, 0.3) is 0 Å². The second-order valence-electron chi connectivity index (χ2n) is 5.23. The van der Waals surface area contributed by atoms with Gasteiger partial charge in [-0.3, -0.25) is 0 Å². The largest absolute Gasteiger partial charge is 0.378 e. The molecule has 0 saturated heterocycles. The molecule has 2 aromatic rings. The molecule has 4 heteroatoms. The molecule has 1 atom stereocenters. The first-order chi connectivity index (χ1) is 10.6. The standard InChI is InChI=1S/C18H21ClN2S/c1-3-13(2)14-8-10-16(11-9-14)21-18(20)22-12-15-6-4-5-7-17(15)19/h4-11,13H,3,12H2,1-2H3,(H2,20,21)/t13-/m1/s1. The van der Waals surface area contributed by atoms with Crippen molar-refractivity contribution >= 4 is 34.2 Å². The lowest BCUT2D eigenvalue weighted by Gasteiger charge is -2.08. The molecule has 22 heavy (non-hydrogen) atoms. The molecule has 2 rings (SSSR count). The summed E-state index contributed by atoms with van der Waals surface area (Å²) in [5.41, 5.74) is 9.29. The first-order valence-corrected chi connectivity index (χ1v) is 8.76. The average molecular weight is 333 g/mol. The van der Waals surface area contributed by atoms with Gasteiger partial charge >= 0.3 is 0 Å². The Morgan fingerprint density at radius 2 is 1.86 bits per heavy atom. The van der Waals surface area contributed by atoms with Gasteiger partial charge in [0.25, 0.3) is 0 Å². The van der Waals surface area contributed by atoms with Crippen LogP contribution in [0, 0.1) is 0 Å². The summed E-state index contributed by atoms with van der Waals surface area (Å²) < 4.78 is 0. The molecule has 0 aliphatic heterocycles. The highest BCUT2D eigenvalue weighted by molar-refractivity contribution is 8.13. The number of rotatable bonds is 5. The Labute approximate surface area is 141 Å². The van der Waals surface area contributed by atoms with Gasteiger partial charge in [0, 0.05) is 10.8 Å². The van der Waals surface area contributed by atoms with Gasteiger partial charge in [-0.2, -0.15) is 0 Å². The van der Waals surface area contributed by atoms with Crippen LogP contribution in [0.3, 0.4) is 0 Å². The minimum atomic E-state index is 0.552. The van der Waals surface area contributed by atoms with Gasteiger partial charge in [-0.1, -0.05) is 67.5 Å². The van der Waals surface area contributed by atoms with E-state index in [-0.39, 0.29) is 0 Å². The molecular formula is C18H21ClN2S. The van der Waals surface area contributed by atoms with Crippen LogP contribution in [0.2, 0.25) is 5.02 Å². The quantitative estimate of drug-likeness (QED) is 0.560. The monoisotopic (exact) mass is 332 g/mol. The number of aliphatic imine (C=N–C) groups is 1. The lowest BCUT2D eigenvalue weighted by Crippen LogP contribution is -2.06. The Kier molecular flexibility index (Phi) is 6.34. The summed E-state index contributed by atoms with van der Waals surface area (Å²) >= 11 is 7.63. The first kappa shape index (κ1) is 16.9. The van der Waals surface area contributed by atoms with Gasteiger partial charge in [-0.15, -0.1) is 0 Å². The van der Waals surface area contributed by atoms with E-state index >= 15 is 0 Å². The highest BCUT2D eigenvalue weighted by Crippen LogP contribution is 2.24. The van der Waals surface area contributed by atoms with E-state index in [1.165, 1.54) is 17.3 Å². The van der Waals surface area contributed by atoms with Crippen LogP contribution in [0.5, 0.6) is 0 Å². The van der Waals surface area contributed by atoms with Crippen molar-refractivity contribution in [3.63, 3.8) is 0 Å². The van der Waals surface area contributed by atoms with E-state index in [2.05, 4.69) is 31.0 Å². The van der Waals surface area contributed by atoms with Crippen molar-refractivity contribution in [2.45, 2.75) is 31.9 Å². The Morgan fingerprint density at radius 3 is 2.50 bits per heavy atom. The molecule has 0 radical (unpaired) electrons. The minimum absolute atomic E-state index is 0.552. The van der Waals surface area contributed by atoms with Crippen molar-refractivity contribution in [2.75, 3.05) is 0 Å². The molecule has 0 unspecified atom stereocenters. The predicted molar refractivity (Wildman–Crippen MR) is 99.2 cm³/mol.